The number of carboxylic acid groups (broad SMARTS) is 1. The summed E-state index contributed by atoms with van der Waals surface area (Å²) in [6, 6.07) is 0. The first-order chi connectivity index (χ1) is 6.42. The maximum Gasteiger partial charge on any atom is 0.309 e. The third kappa shape index (κ3) is 9.52. The fraction of sp³-hybridized carbons (Fsp3) is 0.909. The normalized spacial score (nSPS) is 10.4. The number of aliphatic carboxylic acids is 1. The Morgan fingerprint density at radius 3 is 1.86 bits per heavy atom. The Morgan fingerprint density at radius 2 is 1.79 bits per heavy atom. The lowest BCUT2D eigenvalue weighted by molar-refractivity contribution is -0.147. The molecule has 0 aromatic carbocycles. The minimum Gasteiger partial charge on any atom is -0.481 e. The minimum atomic E-state index is -0.704. The molecule has 0 aliphatic heterocycles. The highest BCUT2D eigenvalue weighted by atomic mass is 16.4. The predicted molar refractivity (Wildman–Crippen MR) is 60.3 cm³/mol. The van der Waals surface area contributed by atoms with Gasteiger partial charge in [-0.15, -0.1) is 0 Å². The number of rotatable bonds is 5. The molecule has 0 atom stereocenters. The van der Waals surface area contributed by atoms with Gasteiger partial charge < -0.3 is 10.8 Å². The molecule has 0 aromatic heterocycles. The highest BCUT2D eigenvalue weighted by molar-refractivity contribution is 5.73. The molecule has 0 radical (unpaired) electrons. The molecule has 0 saturated carbocycles. The van der Waals surface area contributed by atoms with Crippen molar-refractivity contribution in [3.8, 4) is 0 Å². The average Bonchev–Trinajstić information content (AvgIpc) is 2.06. The van der Waals surface area contributed by atoms with Gasteiger partial charge in [0.25, 0.3) is 0 Å². The summed E-state index contributed by atoms with van der Waals surface area (Å²) in [7, 11) is 0. The van der Waals surface area contributed by atoms with Crippen molar-refractivity contribution in [3.05, 3.63) is 0 Å². The molecule has 3 nitrogen and oxygen atoms in total. The zero-order valence-electron chi connectivity index (χ0n) is 9.97. The standard InChI is InChI=1S/C7H14O2.C4H11N/c1-4-5-7(2,3)6(8)9;1-2-3-4-5/h4-5H2,1-3H3,(H,8,9);2-5H2,1H3. The topological polar surface area (TPSA) is 63.3 Å². The Bertz CT molecular complexity index is 142. The summed E-state index contributed by atoms with van der Waals surface area (Å²) in [6.45, 7) is 8.46. The summed E-state index contributed by atoms with van der Waals surface area (Å²) in [5.41, 5.74) is 4.61. The van der Waals surface area contributed by atoms with Crippen molar-refractivity contribution in [2.24, 2.45) is 11.1 Å². The average molecular weight is 203 g/mol. The molecule has 0 spiro atoms. The Balaban J connectivity index is 0. The van der Waals surface area contributed by atoms with Gasteiger partial charge in [0.2, 0.25) is 0 Å². The van der Waals surface area contributed by atoms with Gasteiger partial charge in [0, 0.05) is 0 Å². The van der Waals surface area contributed by atoms with Gasteiger partial charge in [-0.25, -0.2) is 0 Å². The van der Waals surface area contributed by atoms with Gasteiger partial charge in [-0.05, 0) is 33.2 Å². The van der Waals surface area contributed by atoms with E-state index >= 15 is 0 Å². The fourth-order valence-electron chi connectivity index (χ4n) is 0.936. The van der Waals surface area contributed by atoms with Gasteiger partial charge in [0.15, 0.2) is 0 Å². The van der Waals surface area contributed by atoms with Crippen molar-refractivity contribution in [1.29, 1.82) is 0 Å². The molecule has 86 valence electrons. The van der Waals surface area contributed by atoms with Gasteiger partial charge in [-0.2, -0.15) is 0 Å². The Kier molecular flexibility index (Phi) is 10.2. The van der Waals surface area contributed by atoms with Crippen LogP contribution in [0, 0.1) is 5.41 Å². The predicted octanol–water partition coefficient (Wildman–Crippen LogP) is 2.64. The molecule has 0 saturated heterocycles. The maximum absolute atomic E-state index is 10.4. The maximum atomic E-state index is 10.4. The zero-order valence-corrected chi connectivity index (χ0v) is 9.97. The molecular formula is C11H25NO2. The van der Waals surface area contributed by atoms with E-state index in [0.29, 0.717) is 0 Å². The number of carbonyl (C=O) groups is 1. The van der Waals surface area contributed by atoms with Crippen LogP contribution in [-0.4, -0.2) is 17.6 Å². The fourth-order valence-corrected chi connectivity index (χ4v) is 0.936. The summed E-state index contributed by atoms with van der Waals surface area (Å²) in [6.07, 6.45) is 4.07. The van der Waals surface area contributed by atoms with E-state index < -0.39 is 11.4 Å². The summed E-state index contributed by atoms with van der Waals surface area (Å²) in [4.78, 5) is 10.4. The molecule has 0 unspecified atom stereocenters. The lowest BCUT2D eigenvalue weighted by Crippen LogP contribution is -2.22. The first kappa shape index (κ1) is 15.9. The molecule has 0 rings (SSSR count). The second kappa shape index (κ2) is 9.00. The van der Waals surface area contributed by atoms with Crippen LogP contribution in [0.15, 0.2) is 0 Å². The molecule has 14 heavy (non-hydrogen) atoms. The Morgan fingerprint density at radius 1 is 1.29 bits per heavy atom. The van der Waals surface area contributed by atoms with Gasteiger partial charge >= 0.3 is 5.97 Å². The Hall–Kier alpha value is -0.570. The quantitative estimate of drug-likeness (QED) is 0.722. The lowest BCUT2D eigenvalue weighted by atomic mass is 9.88. The van der Waals surface area contributed by atoms with Gasteiger partial charge in [-0.3, -0.25) is 4.79 Å². The van der Waals surface area contributed by atoms with Crippen molar-refractivity contribution in [2.45, 2.75) is 53.4 Å². The monoisotopic (exact) mass is 203 g/mol. The van der Waals surface area contributed by atoms with Gasteiger partial charge in [0.05, 0.1) is 5.41 Å². The molecule has 0 bridgehead atoms. The van der Waals surface area contributed by atoms with E-state index in [4.69, 9.17) is 10.8 Å². The number of carboxylic acids is 1. The number of unbranched alkanes of at least 4 members (excludes halogenated alkanes) is 1. The SMILES string of the molecule is CCCC(C)(C)C(=O)O.CCCCN. The lowest BCUT2D eigenvalue weighted by Gasteiger charge is -2.16. The van der Waals surface area contributed by atoms with Gasteiger partial charge in [-0.1, -0.05) is 26.7 Å². The largest absolute Gasteiger partial charge is 0.481 e. The van der Waals surface area contributed by atoms with E-state index in [1.807, 2.05) is 6.92 Å². The first-order valence-electron chi connectivity index (χ1n) is 5.35. The van der Waals surface area contributed by atoms with E-state index in [2.05, 4.69) is 6.92 Å². The van der Waals surface area contributed by atoms with E-state index in [9.17, 15) is 4.79 Å². The van der Waals surface area contributed by atoms with Crippen LogP contribution in [0.4, 0.5) is 0 Å². The van der Waals surface area contributed by atoms with E-state index in [-0.39, 0.29) is 0 Å². The molecule has 0 aliphatic carbocycles. The number of nitrogens with two attached hydrogens (primary N) is 1. The van der Waals surface area contributed by atoms with Crippen molar-refractivity contribution >= 4 is 5.97 Å². The summed E-state index contributed by atoms with van der Waals surface area (Å²) in [5, 5.41) is 8.57. The molecule has 0 fully saturated rings. The highest BCUT2D eigenvalue weighted by Gasteiger charge is 2.25. The molecule has 0 aromatic rings. The summed E-state index contributed by atoms with van der Waals surface area (Å²) < 4.78 is 0. The van der Waals surface area contributed by atoms with Crippen LogP contribution in [0.2, 0.25) is 0 Å². The van der Waals surface area contributed by atoms with Crippen LogP contribution in [-0.2, 0) is 4.79 Å². The molecule has 0 heterocycles. The smallest absolute Gasteiger partial charge is 0.309 e. The summed E-state index contributed by atoms with van der Waals surface area (Å²) >= 11 is 0. The van der Waals surface area contributed by atoms with Crippen LogP contribution in [0.25, 0.3) is 0 Å². The van der Waals surface area contributed by atoms with Crippen molar-refractivity contribution in [1.82, 2.24) is 0 Å². The molecule has 0 amide bonds. The molecular weight excluding hydrogens is 178 g/mol. The minimum absolute atomic E-state index is 0.533. The van der Waals surface area contributed by atoms with Crippen molar-refractivity contribution in [2.75, 3.05) is 6.54 Å². The second-order valence-corrected chi connectivity index (χ2v) is 4.08. The van der Waals surface area contributed by atoms with E-state index in [0.717, 1.165) is 19.4 Å². The first-order valence-corrected chi connectivity index (χ1v) is 5.35. The summed E-state index contributed by atoms with van der Waals surface area (Å²) in [5.74, 6) is -0.704. The molecule has 3 N–H and O–H groups in total. The second-order valence-electron chi connectivity index (χ2n) is 4.08. The Labute approximate surface area is 87.7 Å². The van der Waals surface area contributed by atoms with Crippen LogP contribution in [0.3, 0.4) is 0 Å². The molecule has 0 aliphatic rings. The highest BCUT2D eigenvalue weighted by Crippen LogP contribution is 2.21. The van der Waals surface area contributed by atoms with E-state index in [1.54, 1.807) is 13.8 Å². The van der Waals surface area contributed by atoms with Gasteiger partial charge in [0.1, 0.15) is 0 Å². The van der Waals surface area contributed by atoms with Crippen molar-refractivity contribution < 1.29 is 9.90 Å². The van der Waals surface area contributed by atoms with E-state index in [1.165, 1.54) is 12.8 Å². The third-order valence-corrected chi connectivity index (χ3v) is 2.01. The number of hydrogen-bond donors (Lipinski definition) is 2. The third-order valence-electron chi connectivity index (χ3n) is 2.01. The van der Waals surface area contributed by atoms with Crippen LogP contribution >= 0.6 is 0 Å². The zero-order chi connectivity index (χ0) is 11.6. The van der Waals surface area contributed by atoms with Crippen LogP contribution in [0.1, 0.15) is 53.4 Å². The van der Waals surface area contributed by atoms with Crippen LogP contribution in [0.5, 0.6) is 0 Å². The molecule has 3 heteroatoms. The van der Waals surface area contributed by atoms with Crippen LogP contribution < -0.4 is 5.73 Å². The van der Waals surface area contributed by atoms with Crippen molar-refractivity contribution in [3.63, 3.8) is 0 Å². The number of hydrogen-bond acceptors (Lipinski definition) is 2.